The van der Waals surface area contributed by atoms with E-state index in [1.807, 2.05) is 36.4 Å². The Morgan fingerprint density at radius 1 is 1.11 bits per heavy atom. The molecule has 0 fully saturated rings. The molecule has 4 aromatic rings. The van der Waals surface area contributed by atoms with Gasteiger partial charge in [0, 0.05) is 17.3 Å². The van der Waals surface area contributed by atoms with Gasteiger partial charge in [-0.3, -0.25) is 9.78 Å². The van der Waals surface area contributed by atoms with Crippen molar-refractivity contribution in [1.82, 2.24) is 20.4 Å². The molecule has 6 nitrogen and oxygen atoms in total. The van der Waals surface area contributed by atoms with Crippen LogP contribution in [0.25, 0.3) is 22.4 Å². The van der Waals surface area contributed by atoms with Gasteiger partial charge in [-0.25, -0.2) is 10.4 Å². The Hall–Kier alpha value is -3.51. The second kappa shape index (κ2) is 7.39. The highest BCUT2D eigenvalue weighted by Crippen LogP contribution is 2.27. The Labute approximate surface area is 159 Å². The van der Waals surface area contributed by atoms with Crippen LogP contribution in [0.1, 0.15) is 16.1 Å². The molecule has 0 bridgehead atoms. The lowest BCUT2D eigenvalue weighted by Crippen LogP contribution is -2.17. The molecular formula is C20H14ClN5O. The van der Waals surface area contributed by atoms with Crippen LogP contribution in [0.2, 0.25) is 5.02 Å². The predicted octanol–water partition coefficient (Wildman–Crippen LogP) is 4.04. The number of carbonyl (C=O) groups excluding carboxylic acids is 1. The van der Waals surface area contributed by atoms with Crippen LogP contribution in [0.15, 0.2) is 72.0 Å². The van der Waals surface area contributed by atoms with Crippen molar-refractivity contribution in [3.63, 3.8) is 0 Å². The van der Waals surface area contributed by atoms with Crippen molar-refractivity contribution in [2.24, 2.45) is 5.10 Å². The molecule has 0 aliphatic heterocycles. The summed E-state index contributed by atoms with van der Waals surface area (Å²) in [5.74, 6) is 0.333. The summed E-state index contributed by atoms with van der Waals surface area (Å²) in [6.45, 7) is 0. The summed E-state index contributed by atoms with van der Waals surface area (Å²) >= 11 is 6.23. The highest BCUT2D eigenvalue weighted by molar-refractivity contribution is 6.33. The van der Waals surface area contributed by atoms with E-state index in [-0.39, 0.29) is 5.91 Å². The lowest BCUT2D eigenvalue weighted by atomic mass is 10.2. The number of amides is 1. The summed E-state index contributed by atoms with van der Waals surface area (Å²) in [6.07, 6.45) is 3.15. The molecule has 27 heavy (non-hydrogen) atoms. The van der Waals surface area contributed by atoms with Gasteiger partial charge in [-0.2, -0.15) is 5.10 Å². The number of nitrogens with zero attached hydrogens (tertiary/aromatic N) is 3. The summed E-state index contributed by atoms with van der Waals surface area (Å²) < 4.78 is 0. The van der Waals surface area contributed by atoms with E-state index in [0.29, 0.717) is 22.1 Å². The molecule has 2 aromatic heterocycles. The molecule has 7 heteroatoms. The number of fused-ring (bicyclic) bond motifs is 1. The van der Waals surface area contributed by atoms with Crippen LogP contribution in [0, 0.1) is 0 Å². The molecule has 0 radical (unpaired) electrons. The van der Waals surface area contributed by atoms with Crippen molar-refractivity contribution in [2.75, 3.05) is 0 Å². The number of hydrogen-bond donors (Lipinski definition) is 2. The highest BCUT2D eigenvalue weighted by atomic mass is 35.5. The first-order chi connectivity index (χ1) is 13.2. The van der Waals surface area contributed by atoms with Crippen molar-refractivity contribution in [1.29, 1.82) is 0 Å². The van der Waals surface area contributed by atoms with Crippen molar-refractivity contribution in [3.8, 4) is 11.4 Å². The van der Waals surface area contributed by atoms with Crippen LogP contribution in [-0.4, -0.2) is 27.1 Å². The molecule has 0 unspecified atom stereocenters. The first-order valence-corrected chi connectivity index (χ1v) is 8.57. The van der Waals surface area contributed by atoms with E-state index in [9.17, 15) is 4.79 Å². The van der Waals surface area contributed by atoms with E-state index >= 15 is 0 Å². The number of halogens is 1. The normalized spacial score (nSPS) is 11.1. The number of aromatic nitrogens is 3. The zero-order valence-corrected chi connectivity index (χ0v) is 14.8. The lowest BCUT2D eigenvalue weighted by Gasteiger charge is -1.99. The summed E-state index contributed by atoms with van der Waals surface area (Å²) in [7, 11) is 0. The molecule has 2 heterocycles. The number of nitrogens with one attached hydrogen (secondary N) is 2. The van der Waals surface area contributed by atoms with Gasteiger partial charge in [-0.15, -0.1) is 0 Å². The maximum atomic E-state index is 12.3. The van der Waals surface area contributed by atoms with Gasteiger partial charge in [0.1, 0.15) is 5.82 Å². The van der Waals surface area contributed by atoms with Gasteiger partial charge in [0.15, 0.2) is 0 Å². The van der Waals surface area contributed by atoms with Crippen molar-refractivity contribution in [2.45, 2.75) is 0 Å². The topological polar surface area (TPSA) is 83.0 Å². The Morgan fingerprint density at radius 3 is 2.78 bits per heavy atom. The third kappa shape index (κ3) is 3.70. The number of imidazole rings is 1. The fraction of sp³-hybridized carbons (Fsp3) is 0. The quantitative estimate of drug-likeness (QED) is 0.417. The average Bonchev–Trinajstić information content (AvgIpc) is 3.12. The molecule has 132 valence electrons. The minimum Gasteiger partial charge on any atom is -0.338 e. The molecule has 0 aliphatic rings. The first kappa shape index (κ1) is 16.9. The first-order valence-electron chi connectivity index (χ1n) is 8.20. The zero-order chi connectivity index (χ0) is 18.6. The van der Waals surface area contributed by atoms with Gasteiger partial charge in [-0.1, -0.05) is 29.8 Å². The van der Waals surface area contributed by atoms with Crippen LogP contribution in [0.5, 0.6) is 0 Å². The minimum absolute atomic E-state index is 0.321. The number of benzene rings is 2. The Morgan fingerprint density at radius 2 is 1.96 bits per heavy atom. The minimum atomic E-state index is -0.321. The van der Waals surface area contributed by atoms with Crippen LogP contribution < -0.4 is 5.43 Å². The van der Waals surface area contributed by atoms with E-state index in [2.05, 4.69) is 25.5 Å². The maximum Gasteiger partial charge on any atom is 0.271 e. The van der Waals surface area contributed by atoms with E-state index in [0.717, 1.165) is 16.6 Å². The van der Waals surface area contributed by atoms with Crippen LogP contribution in [0.4, 0.5) is 0 Å². The summed E-state index contributed by atoms with van der Waals surface area (Å²) in [6, 6.07) is 18.1. The standard InChI is InChI=1S/C20H14ClN5O/c21-16-7-2-1-6-15(16)19-24-17-9-8-13(11-18(17)25-19)20(27)26-23-12-14-5-3-4-10-22-14/h1-12H,(H,24,25)(H,26,27)/b23-12+. The van der Waals surface area contributed by atoms with Gasteiger partial charge in [0.25, 0.3) is 5.91 Å². The summed E-state index contributed by atoms with van der Waals surface area (Å²) in [4.78, 5) is 24.2. The second-order valence-electron chi connectivity index (χ2n) is 5.75. The zero-order valence-electron chi connectivity index (χ0n) is 14.1. The molecule has 1 amide bonds. The molecule has 0 atom stereocenters. The fourth-order valence-electron chi connectivity index (χ4n) is 2.61. The van der Waals surface area contributed by atoms with Crippen molar-refractivity contribution in [3.05, 3.63) is 83.1 Å². The van der Waals surface area contributed by atoms with Crippen molar-refractivity contribution < 1.29 is 4.79 Å². The highest BCUT2D eigenvalue weighted by Gasteiger charge is 2.11. The number of pyridine rings is 1. The van der Waals surface area contributed by atoms with Gasteiger partial charge in [0.2, 0.25) is 0 Å². The third-order valence-corrected chi connectivity index (χ3v) is 4.25. The predicted molar refractivity (Wildman–Crippen MR) is 106 cm³/mol. The maximum absolute atomic E-state index is 12.3. The van der Waals surface area contributed by atoms with Crippen molar-refractivity contribution >= 4 is 34.8 Å². The molecule has 0 saturated carbocycles. The number of aromatic amines is 1. The van der Waals surface area contributed by atoms with E-state index < -0.39 is 0 Å². The second-order valence-corrected chi connectivity index (χ2v) is 6.16. The summed E-state index contributed by atoms with van der Waals surface area (Å²) in [5, 5.41) is 4.54. The smallest absolute Gasteiger partial charge is 0.271 e. The SMILES string of the molecule is O=C(N/N=C/c1ccccn1)c1ccc2nc(-c3ccccc3Cl)[nH]c2c1. The molecule has 2 aromatic carbocycles. The fourth-order valence-corrected chi connectivity index (χ4v) is 2.83. The molecule has 0 spiro atoms. The number of hydrazone groups is 1. The number of H-pyrrole nitrogens is 1. The molecule has 4 rings (SSSR count). The largest absolute Gasteiger partial charge is 0.338 e. The number of rotatable bonds is 4. The molecular weight excluding hydrogens is 362 g/mol. The van der Waals surface area contributed by atoms with E-state index in [4.69, 9.17) is 11.6 Å². The molecule has 0 saturated heterocycles. The van der Waals surface area contributed by atoms with Crippen LogP contribution in [0.3, 0.4) is 0 Å². The van der Waals surface area contributed by atoms with Crippen LogP contribution >= 0.6 is 11.6 Å². The molecule has 2 N–H and O–H groups in total. The lowest BCUT2D eigenvalue weighted by molar-refractivity contribution is 0.0955. The van der Waals surface area contributed by atoms with Gasteiger partial charge >= 0.3 is 0 Å². The van der Waals surface area contributed by atoms with Gasteiger partial charge < -0.3 is 4.98 Å². The van der Waals surface area contributed by atoms with Gasteiger partial charge in [0.05, 0.1) is 28.0 Å². The molecule has 0 aliphatic carbocycles. The van der Waals surface area contributed by atoms with Gasteiger partial charge in [-0.05, 0) is 42.5 Å². The Kier molecular flexibility index (Phi) is 4.63. The van der Waals surface area contributed by atoms with E-state index in [1.54, 1.807) is 30.5 Å². The number of hydrogen-bond acceptors (Lipinski definition) is 4. The average molecular weight is 376 g/mol. The number of carbonyl (C=O) groups is 1. The van der Waals surface area contributed by atoms with E-state index in [1.165, 1.54) is 6.21 Å². The Balaban J connectivity index is 1.55. The summed E-state index contributed by atoms with van der Waals surface area (Å²) in [5.41, 5.74) is 5.92. The Bertz CT molecular complexity index is 1140. The van der Waals surface area contributed by atoms with Crippen LogP contribution in [-0.2, 0) is 0 Å². The third-order valence-electron chi connectivity index (χ3n) is 3.92. The monoisotopic (exact) mass is 375 g/mol.